The molecule has 0 saturated carbocycles. The van der Waals surface area contributed by atoms with E-state index >= 15 is 0 Å². The van der Waals surface area contributed by atoms with E-state index in [1.54, 1.807) is 0 Å². The van der Waals surface area contributed by atoms with E-state index in [9.17, 15) is 9.59 Å². The third kappa shape index (κ3) is 3.25. The number of hydrogen-bond acceptors (Lipinski definition) is 4. The lowest BCUT2D eigenvalue weighted by Crippen LogP contribution is -2.32. The standard InChI is InChI=1S/C10H11NO5/c12-7-3-1-6(2-4-7)9(10(15)16)11-5-8(13)14/h1-4,9,11-12H,5H2,(H,13,14)(H,15,16). The minimum atomic E-state index is -1.17. The summed E-state index contributed by atoms with van der Waals surface area (Å²) in [4.78, 5) is 21.2. The maximum Gasteiger partial charge on any atom is 0.325 e. The number of aromatic hydroxyl groups is 1. The molecule has 0 amide bonds. The minimum Gasteiger partial charge on any atom is -0.508 e. The van der Waals surface area contributed by atoms with Crippen molar-refractivity contribution in [3.8, 4) is 5.75 Å². The van der Waals surface area contributed by atoms with Gasteiger partial charge in [0.1, 0.15) is 11.8 Å². The molecule has 1 atom stereocenters. The average molecular weight is 225 g/mol. The molecule has 0 aliphatic rings. The molecule has 0 aliphatic heterocycles. The van der Waals surface area contributed by atoms with E-state index < -0.39 is 24.5 Å². The lowest BCUT2D eigenvalue weighted by atomic mass is 10.1. The summed E-state index contributed by atoms with van der Waals surface area (Å²) in [6, 6.07) is 4.42. The zero-order chi connectivity index (χ0) is 12.1. The van der Waals surface area contributed by atoms with Crippen LogP contribution in [0, 0.1) is 0 Å². The van der Waals surface area contributed by atoms with Crippen LogP contribution in [0.3, 0.4) is 0 Å². The van der Waals surface area contributed by atoms with Gasteiger partial charge in [-0.25, -0.2) is 0 Å². The van der Waals surface area contributed by atoms with Gasteiger partial charge in [-0.15, -0.1) is 0 Å². The monoisotopic (exact) mass is 225 g/mol. The van der Waals surface area contributed by atoms with Crippen molar-refractivity contribution in [3.05, 3.63) is 29.8 Å². The number of rotatable bonds is 5. The first-order valence-electron chi connectivity index (χ1n) is 4.47. The highest BCUT2D eigenvalue weighted by Gasteiger charge is 2.19. The quantitative estimate of drug-likeness (QED) is 0.570. The zero-order valence-electron chi connectivity index (χ0n) is 8.25. The number of phenolic OH excluding ortho intramolecular Hbond substituents is 1. The minimum absolute atomic E-state index is 0.0196. The summed E-state index contributed by atoms with van der Waals surface area (Å²) in [5.74, 6) is -2.29. The molecule has 16 heavy (non-hydrogen) atoms. The molecule has 0 aromatic heterocycles. The van der Waals surface area contributed by atoms with Crippen molar-refractivity contribution < 1.29 is 24.9 Å². The molecule has 0 fully saturated rings. The van der Waals surface area contributed by atoms with Crippen molar-refractivity contribution in [1.82, 2.24) is 5.32 Å². The van der Waals surface area contributed by atoms with Crippen LogP contribution in [0.4, 0.5) is 0 Å². The van der Waals surface area contributed by atoms with Gasteiger partial charge in [-0.1, -0.05) is 12.1 Å². The third-order valence-electron chi connectivity index (χ3n) is 1.93. The summed E-state index contributed by atoms with van der Waals surface area (Å²) < 4.78 is 0. The van der Waals surface area contributed by atoms with Crippen LogP contribution in [0.1, 0.15) is 11.6 Å². The van der Waals surface area contributed by atoms with Crippen molar-refractivity contribution in [3.63, 3.8) is 0 Å². The van der Waals surface area contributed by atoms with E-state index in [1.165, 1.54) is 24.3 Å². The fraction of sp³-hybridized carbons (Fsp3) is 0.200. The van der Waals surface area contributed by atoms with E-state index in [0.717, 1.165) is 0 Å². The second-order valence-electron chi connectivity index (χ2n) is 3.14. The Kier molecular flexibility index (Phi) is 3.84. The van der Waals surface area contributed by atoms with E-state index in [4.69, 9.17) is 15.3 Å². The summed E-state index contributed by atoms with van der Waals surface area (Å²) in [6.07, 6.45) is 0. The topological polar surface area (TPSA) is 107 Å². The van der Waals surface area contributed by atoms with Crippen molar-refractivity contribution in [2.75, 3.05) is 6.54 Å². The van der Waals surface area contributed by atoms with Gasteiger partial charge in [0, 0.05) is 0 Å². The van der Waals surface area contributed by atoms with Crippen LogP contribution in [0.2, 0.25) is 0 Å². The Hall–Kier alpha value is -2.08. The van der Waals surface area contributed by atoms with Crippen LogP contribution in [-0.2, 0) is 9.59 Å². The predicted octanol–water partition coefficient (Wildman–Crippen LogP) is 0.192. The second kappa shape index (κ2) is 5.13. The van der Waals surface area contributed by atoms with Crippen LogP contribution in [-0.4, -0.2) is 33.8 Å². The molecular formula is C10H11NO5. The summed E-state index contributed by atoms with van der Waals surface area (Å²) in [5, 5.41) is 28.7. The predicted molar refractivity (Wildman–Crippen MR) is 54.1 cm³/mol. The molecule has 0 heterocycles. The fourth-order valence-corrected chi connectivity index (χ4v) is 1.20. The number of carbonyl (C=O) groups is 2. The van der Waals surface area contributed by atoms with E-state index in [-0.39, 0.29) is 5.75 Å². The summed E-state index contributed by atoms with van der Waals surface area (Å²) in [6.45, 7) is -0.447. The number of nitrogens with one attached hydrogen (secondary N) is 1. The SMILES string of the molecule is O=C(O)CNC(C(=O)O)c1ccc(O)cc1. The zero-order valence-corrected chi connectivity index (χ0v) is 8.25. The first-order valence-corrected chi connectivity index (χ1v) is 4.47. The Bertz CT molecular complexity index is 387. The number of hydrogen-bond donors (Lipinski definition) is 4. The van der Waals surface area contributed by atoms with Crippen molar-refractivity contribution in [2.24, 2.45) is 0 Å². The largest absolute Gasteiger partial charge is 0.508 e. The first-order chi connectivity index (χ1) is 7.50. The van der Waals surface area contributed by atoms with E-state index in [1.807, 2.05) is 0 Å². The van der Waals surface area contributed by atoms with Crippen molar-refractivity contribution >= 4 is 11.9 Å². The maximum absolute atomic E-state index is 10.9. The Labute approximate surface area is 91.1 Å². The lowest BCUT2D eigenvalue weighted by molar-refractivity contribution is -0.140. The van der Waals surface area contributed by atoms with Crippen molar-refractivity contribution in [2.45, 2.75) is 6.04 Å². The molecule has 6 heteroatoms. The number of aliphatic carboxylic acids is 2. The molecule has 1 aromatic carbocycles. The highest BCUT2D eigenvalue weighted by Crippen LogP contribution is 2.16. The van der Waals surface area contributed by atoms with Gasteiger partial charge in [-0.05, 0) is 17.7 Å². The molecule has 1 rings (SSSR count). The number of phenols is 1. The fourth-order valence-electron chi connectivity index (χ4n) is 1.20. The Morgan fingerprint density at radius 1 is 1.19 bits per heavy atom. The summed E-state index contributed by atoms with van der Waals surface area (Å²) >= 11 is 0. The van der Waals surface area contributed by atoms with Gasteiger partial charge < -0.3 is 15.3 Å². The number of carboxylic acids is 2. The summed E-state index contributed by atoms with van der Waals surface area (Å²) in [5.41, 5.74) is 0.381. The normalized spacial score (nSPS) is 12.0. The van der Waals surface area contributed by atoms with Crippen molar-refractivity contribution in [1.29, 1.82) is 0 Å². The molecule has 0 bridgehead atoms. The van der Waals surface area contributed by atoms with Crippen LogP contribution in [0.5, 0.6) is 5.75 Å². The molecule has 0 radical (unpaired) electrons. The Balaban J connectivity index is 2.81. The smallest absolute Gasteiger partial charge is 0.325 e. The molecule has 86 valence electrons. The van der Waals surface area contributed by atoms with Crippen LogP contribution >= 0.6 is 0 Å². The van der Waals surface area contributed by atoms with E-state index in [0.29, 0.717) is 5.56 Å². The second-order valence-corrected chi connectivity index (χ2v) is 3.14. The molecule has 0 aliphatic carbocycles. The number of benzene rings is 1. The third-order valence-corrected chi connectivity index (χ3v) is 1.93. The Morgan fingerprint density at radius 2 is 1.75 bits per heavy atom. The van der Waals surface area contributed by atoms with Gasteiger partial charge in [-0.3, -0.25) is 14.9 Å². The molecular weight excluding hydrogens is 214 g/mol. The molecule has 1 unspecified atom stereocenters. The van der Waals surface area contributed by atoms with Gasteiger partial charge in [-0.2, -0.15) is 0 Å². The molecule has 0 spiro atoms. The average Bonchev–Trinajstić information content (AvgIpc) is 2.20. The van der Waals surface area contributed by atoms with Gasteiger partial charge in [0.2, 0.25) is 0 Å². The lowest BCUT2D eigenvalue weighted by Gasteiger charge is -2.13. The van der Waals surface area contributed by atoms with Crippen LogP contribution in [0.15, 0.2) is 24.3 Å². The van der Waals surface area contributed by atoms with Crippen LogP contribution < -0.4 is 5.32 Å². The van der Waals surface area contributed by atoms with Gasteiger partial charge in [0.15, 0.2) is 0 Å². The van der Waals surface area contributed by atoms with E-state index in [2.05, 4.69) is 5.32 Å². The van der Waals surface area contributed by atoms with Crippen LogP contribution in [0.25, 0.3) is 0 Å². The maximum atomic E-state index is 10.9. The van der Waals surface area contributed by atoms with Gasteiger partial charge in [0.05, 0.1) is 6.54 Å². The molecule has 4 N–H and O–H groups in total. The number of carboxylic acid groups (broad SMARTS) is 2. The summed E-state index contributed by atoms with van der Waals surface area (Å²) in [7, 11) is 0. The Morgan fingerprint density at radius 3 is 2.19 bits per heavy atom. The molecule has 1 aromatic rings. The van der Waals surface area contributed by atoms with Gasteiger partial charge >= 0.3 is 11.9 Å². The highest BCUT2D eigenvalue weighted by molar-refractivity contribution is 5.77. The molecule has 0 saturated heterocycles. The first kappa shape index (κ1) is 12.0. The highest BCUT2D eigenvalue weighted by atomic mass is 16.4. The van der Waals surface area contributed by atoms with Gasteiger partial charge in [0.25, 0.3) is 0 Å². The molecule has 6 nitrogen and oxygen atoms in total.